The molecule has 0 saturated heterocycles. The van der Waals surface area contributed by atoms with Crippen molar-refractivity contribution in [3.05, 3.63) is 182 Å². The van der Waals surface area contributed by atoms with E-state index in [1.807, 2.05) is 0 Å². The van der Waals surface area contributed by atoms with Crippen molar-refractivity contribution in [2.75, 3.05) is 16.5 Å². The smallest absolute Gasteiger partial charge is 0.0468 e. The summed E-state index contributed by atoms with van der Waals surface area (Å²) in [6.07, 6.45) is 0. The van der Waals surface area contributed by atoms with Crippen LogP contribution in [0.1, 0.15) is 0 Å². The minimum absolute atomic E-state index is 0.560. The highest BCUT2D eigenvalue weighted by atomic mass is 31.1. The summed E-state index contributed by atoms with van der Waals surface area (Å²) in [5.41, 5.74) is 12.5. The largest absolute Gasteiger partial charge is 0.310 e. The van der Waals surface area contributed by atoms with Crippen molar-refractivity contribution >= 4 is 82.6 Å². The number of hydrogen-bond acceptors (Lipinski definition) is 2. The molecule has 51 heavy (non-hydrogen) atoms. The van der Waals surface area contributed by atoms with Crippen molar-refractivity contribution in [3.8, 4) is 22.3 Å². The topological polar surface area (TPSA) is 6.48 Å². The molecule has 2 nitrogen and oxygen atoms in total. The van der Waals surface area contributed by atoms with E-state index in [1.54, 1.807) is 0 Å². The van der Waals surface area contributed by atoms with Crippen LogP contribution >= 0.6 is 16.5 Å². The zero-order chi connectivity index (χ0) is 33.9. The number of para-hydroxylation sites is 4. The summed E-state index contributed by atoms with van der Waals surface area (Å²) in [7, 11) is 0.0323. The van der Waals surface area contributed by atoms with Gasteiger partial charge in [0.2, 0.25) is 0 Å². The quantitative estimate of drug-likeness (QED) is 0.161. The standard InChI is InChI=1S/C47H34N2P2/c1-51-44-29-28-42-46-40(38-24-22-36(30-43(38)50-42)48(32-14-6-2-7-15-32)33-16-8-3-9-17-33)26-27-41(47(44)46)39-25-23-37(31-45(39)51)49(34-18-10-4-11-19-34)35-20-12-5-13-21-35/h2-31,50H,1H3. The SMILES string of the molecule is CP1c2cc(N(c3ccccc3)c3ccccc3)ccc2-c2ccc3c4c(ccc1c24)Pc1cc(N(c2ccccc2)c2ccccc2)ccc1-3. The molecule has 4 heteroatoms. The van der Waals surface area contributed by atoms with Gasteiger partial charge >= 0.3 is 0 Å². The fraction of sp³-hybridized carbons (Fsp3) is 0.0213. The van der Waals surface area contributed by atoms with Gasteiger partial charge in [-0.05, 0) is 142 Å². The Morgan fingerprint density at radius 2 is 0.804 bits per heavy atom. The van der Waals surface area contributed by atoms with Gasteiger partial charge in [-0.15, -0.1) is 0 Å². The Hall–Kier alpha value is -5.52. The second-order valence-corrected chi connectivity index (χ2v) is 16.6. The van der Waals surface area contributed by atoms with E-state index >= 15 is 0 Å². The van der Waals surface area contributed by atoms with Crippen LogP contribution in [0.3, 0.4) is 0 Å². The molecule has 10 rings (SSSR count). The van der Waals surface area contributed by atoms with E-state index in [0.717, 1.165) is 22.7 Å². The fourth-order valence-electron chi connectivity index (χ4n) is 7.96. The molecule has 0 amide bonds. The number of nitrogens with zero attached hydrogens (tertiary/aromatic N) is 2. The molecular formula is C47H34N2P2. The zero-order valence-electron chi connectivity index (χ0n) is 28.2. The minimum Gasteiger partial charge on any atom is -0.310 e. The van der Waals surface area contributed by atoms with E-state index in [4.69, 9.17) is 0 Å². The highest BCUT2D eigenvalue weighted by molar-refractivity contribution is 7.73. The first kappa shape index (κ1) is 30.3. The van der Waals surface area contributed by atoms with Crippen LogP contribution in [0.2, 0.25) is 0 Å². The molecule has 2 heterocycles. The Morgan fingerprint density at radius 1 is 0.353 bits per heavy atom. The molecule has 0 spiro atoms. The normalized spacial score (nSPS) is 14.2. The molecule has 8 aromatic rings. The average molecular weight is 689 g/mol. The van der Waals surface area contributed by atoms with Crippen LogP contribution < -0.4 is 31.0 Å². The lowest BCUT2D eigenvalue weighted by Crippen LogP contribution is -2.25. The highest BCUT2D eigenvalue weighted by Gasteiger charge is 2.30. The third-order valence-corrected chi connectivity index (χ3v) is 13.8. The predicted octanol–water partition coefficient (Wildman–Crippen LogP) is 11.4. The van der Waals surface area contributed by atoms with Crippen molar-refractivity contribution < 1.29 is 0 Å². The van der Waals surface area contributed by atoms with Gasteiger partial charge in [-0.25, -0.2) is 0 Å². The average Bonchev–Trinajstić information content (AvgIpc) is 3.19. The molecule has 0 radical (unpaired) electrons. The van der Waals surface area contributed by atoms with Crippen molar-refractivity contribution in [2.24, 2.45) is 0 Å². The van der Waals surface area contributed by atoms with Crippen molar-refractivity contribution in [1.82, 2.24) is 0 Å². The molecule has 242 valence electrons. The summed E-state index contributed by atoms with van der Waals surface area (Å²) in [4.78, 5) is 4.74. The fourth-order valence-corrected chi connectivity index (χ4v) is 11.4. The van der Waals surface area contributed by atoms with Crippen LogP contribution in [0.15, 0.2) is 182 Å². The first-order chi connectivity index (χ1) is 25.2. The number of fused-ring (bicyclic) bond motifs is 4. The molecule has 0 aromatic heterocycles. The van der Waals surface area contributed by atoms with Crippen molar-refractivity contribution in [2.45, 2.75) is 0 Å². The summed E-state index contributed by atoms with van der Waals surface area (Å²) in [5.74, 6) is 0. The molecule has 0 saturated carbocycles. The molecule has 2 unspecified atom stereocenters. The summed E-state index contributed by atoms with van der Waals surface area (Å²) in [6.45, 7) is 2.45. The number of benzene rings is 8. The van der Waals surface area contributed by atoms with E-state index in [9.17, 15) is 0 Å². The van der Waals surface area contributed by atoms with E-state index in [1.165, 1.54) is 65.6 Å². The predicted molar refractivity (Wildman–Crippen MR) is 224 cm³/mol. The van der Waals surface area contributed by atoms with Crippen LogP contribution in [0, 0.1) is 0 Å². The third kappa shape index (κ3) is 5.02. The van der Waals surface area contributed by atoms with Crippen LogP contribution in [0.4, 0.5) is 34.1 Å². The summed E-state index contributed by atoms with van der Waals surface area (Å²) in [6, 6.07) is 66.7. The highest BCUT2D eigenvalue weighted by Crippen LogP contribution is 2.49. The zero-order valence-corrected chi connectivity index (χ0v) is 30.1. The minimum atomic E-state index is -0.560. The lowest BCUT2D eigenvalue weighted by atomic mass is 9.91. The van der Waals surface area contributed by atoms with Gasteiger partial charge in [0.05, 0.1) is 0 Å². The second-order valence-electron chi connectivity index (χ2n) is 13.2. The Kier molecular flexibility index (Phi) is 7.35. The molecule has 0 N–H and O–H groups in total. The lowest BCUT2D eigenvalue weighted by Gasteiger charge is -2.33. The van der Waals surface area contributed by atoms with Gasteiger partial charge in [-0.2, -0.15) is 0 Å². The molecule has 2 aliphatic heterocycles. The van der Waals surface area contributed by atoms with Crippen LogP contribution in [-0.4, -0.2) is 6.66 Å². The van der Waals surface area contributed by atoms with Gasteiger partial charge in [0.25, 0.3) is 0 Å². The molecule has 2 aliphatic rings. The molecule has 0 aliphatic carbocycles. The summed E-state index contributed by atoms with van der Waals surface area (Å²) >= 11 is 0. The van der Waals surface area contributed by atoms with E-state index in [0.29, 0.717) is 8.58 Å². The van der Waals surface area contributed by atoms with Crippen molar-refractivity contribution in [3.63, 3.8) is 0 Å². The lowest BCUT2D eigenvalue weighted by molar-refractivity contribution is 1.29. The van der Waals surface area contributed by atoms with Crippen LogP contribution in [0.25, 0.3) is 33.0 Å². The second kappa shape index (κ2) is 12.4. The third-order valence-electron chi connectivity index (χ3n) is 10.3. The molecule has 2 atom stereocenters. The van der Waals surface area contributed by atoms with Gasteiger partial charge in [0.15, 0.2) is 0 Å². The Morgan fingerprint density at radius 3 is 1.33 bits per heavy atom. The number of hydrogen-bond donors (Lipinski definition) is 0. The maximum absolute atomic E-state index is 2.45. The van der Waals surface area contributed by atoms with Gasteiger partial charge in [-0.1, -0.05) is 118 Å². The van der Waals surface area contributed by atoms with Gasteiger partial charge in [0.1, 0.15) is 0 Å². The Balaban J connectivity index is 1.09. The van der Waals surface area contributed by atoms with Crippen LogP contribution in [0.5, 0.6) is 0 Å². The van der Waals surface area contributed by atoms with E-state index in [2.05, 4.69) is 198 Å². The molecular weight excluding hydrogens is 654 g/mol. The number of rotatable bonds is 6. The first-order valence-electron chi connectivity index (χ1n) is 17.4. The first-order valence-corrected chi connectivity index (χ1v) is 20.2. The van der Waals surface area contributed by atoms with Crippen LogP contribution in [-0.2, 0) is 0 Å². The van der Waals surface area contributed by atoms with Gasteiger partial charge in [-0.3, -0.25) is 0 Å². The maximum atomic E-state index is 2.45. The van der Waals surface area contributed by atoms with Gasteiger partial charge in [0, 0.05) is 34.1 Å². The summed E-state index contributed by atoms with van der Waals surface area (Å²) < 4.78 is 0. The molecule has 0 fully saturated rings. The van der Waals surface area contributed by atoms with Crippen molar-refractivity contribution in [1.29, 1.82) is 0 Å². The summed E-state index contributed by atoms with van der Waals surface area (Å²) in [5, 5.41) is 8.69. The Labute approximate surface area is 302 Å². The monoisotopic (exact) mass is 688 g/mol. The van der Waals surface area contributed by atoms with E-state index < -0.39 is 7.92 Å². The molecule has 8 aromatic carbocycles. The molecule has 0 bridgehead atoms. The van der Waals surface area contributed by atoms with E-state index in [-0.39, 0.29) is 0 Å². The van der Waals surface area contributed by atoms with Gasteiger partial charge < -0.3 is 9.80 Å². The Bertz CT molecular complexity index is 2490. The number of anilines is 6. The maximum Gasteiger partial charge on any atom is 0.0468 e.